The molecule has 0 atom stereocenters. The van der Waals surface area contributed by atoms with Gasteiger partial charge in [-0.2, -0.15) is 0 Å². The van der Waals surface area contributed by atoms with Gasteiger partial charge in [0.1, 0.15) is 0 Å². The first-order chi connectivity index (χ1) is 14.8. The van der Waals surface area contributed by atoms with Crippen LogP contribution in [0.5, 0.6) is 0 Å². The summed E-state index contributed by atoms with van der Waals surface area (Å²) in [5, 5.41) is 0. The van der Waals surface area contributed by atoms with Crippen molar-refractivity contribution in [3.05, 3.63) is 60.2 Å². The van der Waals surface area contributed by atoms with Gasteiger partial charge in [-0.1, -0.05) is 81.0 Å². The topological polar surface area (TPSA) is 9.23 Å². The van der Waals surface area contributed by atoms with Gasteiger partial charge < -0.3 is 4.74 Å². The predicted molar refractivity (Wildman–Crippen MR) is 130 cm³/mol. The Morgan fingerprint density at radius 3 is 1.90 bits per heavy atom. The number of benzene rings is 1. The molecule has 3 rings (SSSR count). The van der Waals surface area contributed by atoms with Gasteiger partial charge in [-0.25, -0.2) is 0 Å². The number of rotatable bonds is 11. The summed E-state index contributed by atoms with van der Waals surface area (Å²) in [7, 11) is 0. The van der Waals surface area contributed by atoms with Crippen LogP contribution >= 0.6 is 0 Å². The zero-order chi connectivity index (χ0) is 21.0. The van der Waals surface area contributed by atoms with E-state index in [0.717, 1.165) is 23.7 Å². The van der Waals surface area contributed by atoms with Gasteiger partial charge in [0, 0.05) is 0 Å². The molecule has 0 aromatic heterocycles. The molecular weight excluding hydrogens is 364 g/mol. The standard InChI is InChI=1S/C29H44O/c1-3-5-22-30-23-29-20-18-28(19-21-29)17-16-27-14-12-26(13-15-27)11-10-25-8-6-24(4-2)7-9-25/h3-5,18-21,24-27H,2,6-17,22-23H2,1H3/t24-,25-,26-,27-. The minimum Gasteiger partial charge on any atom is -0.373 e. The molecule has 1 aromatic rings. The number of allylic oxidation sites excluding steroid dienone is 2. The number of aryl methyl sites for hydroxylation is 1. The summed E-state index contributed by atoms with van der Waals surface area (Å²) in [5.74, 6) is 3.79. The molecule has 1 aromatic carbocycles. The van der Waals surface area contributed by atoms with E-state index in [0.29, 0.717) is 13.2 Å². The molecule has 0 saturated heterocycles. The lowest BCUT2D eigenvalue weighted by Gasteiger charge is -2.31. The molecule has 1 nitrogen and oxygen atoms in total. The maximum Gasteiger partial charge on any atom is 0.0721 e. The summed E-state index contributed by atoms with van der Waals surface area (Å²) in [6, 6.07) is 9.09. The highest BCUT2D eigenvalue weighted by atomic mass is 16.5. The van der Waals surface area contributed by atoms with Crippen LogP contribution in [0.3, 0.4) is 0 Å². The Bertz CT molecular complexity index is 612. The van der Waals surface area contributed by atoms with Crippen LogP contribution < -0.4 is 0 Å². The fraction of sp³-hybridized carbons (Fsp3) is 0.655. The Labute approximate surface area is 186 Å². The average molecular weight is 409 g/mol. The highest BCUT2D eigenvalue weighted by Crippen LogP contribution is 2.37. The third-order valence-electron chi connectivity index (χ3n) is 7.76. The maximum absolute atomic E-state index is 5.64. The van der Waals surface area contributed by atoms with E-state index in [4.69, 9.17) is 4.74 Å². The predicted octanol–water partition coefficient (Wildman–Crippen LogP) is 8.29. The average Bonchev–Trinajstić information content (AvgIpc) is 2.81. The molecule has 2 aliphatic carbocycles. The van der Waals surface area contributed by atoms with E-state index in [1.807, 2.05) is 13.0 Å². The van der Waals surface area contributed by atoms with E-state index in [2.05, 4.69) is 43.0 Å². The highest BCUT2D eigenvalue weighted by molar-refractivity contribution is 5.22. The van der Waals surface area contributed by atoms with Crippen LogP contribution in [0, 0.1) is 23.7 Å². The summed E-state index contributed by atoms with van der Waals surface area (Å²) in [6.45, 7) is 7.43. The minimum absolute atomic E-state index is 0.706. The fourth-order valence-corrected chi connectivity index (χ4v) is 5.51. The molecule has 0 spiro atoms. The van der Waals surface area contributed by atoms with Crippen LogP contribution in [-0.4, -0.2) is 6.61 Å². The third-order valence-corrected chi connectivity index (χ3v) is 7.76. The van der Waals surface area contributed by atoms with E-state index >= 15 is 0 Å². The zero-order valence-electron chi connectivity index (χ0n) is 19.4. The van der Waals surface area contributed by atoms with Crippen molar-refractivity contribution in [3.8, 4) is 0 Å². The molecule has 0 amide bonds. The van der Waals surface area contributed by atoms with Crippen molar-refractivity contribution in [3.63, 3.8) is 0 Å². The van der Waals surface area contributed by atoms with Crippen LogP contribution in [0.25, 0.3) is 0 Å². The molecule has 0 aliphatic heterocycles. The molecule has 2 saturated carbocycles. The molecule has 2 aliphatic rings. The lowest BCUT2D eigenvalue weighted by Crippen LogP contribution is -2.18. The summed E-state index contributed by atoms with van der Waals surface area (Å²) in [6.07, 6.45) is 23.4. The SMILES string of the molecule is C=C[C@H]1CC[C@H](CC[C@H]2CC[C@H](CCc3ccc(COCC=CC)cc3)CC2)CC1. The first kappa shape index (κ1) is 23.3. The van der Waals surface area contributed by atoms with Gasteiger partial charge in [0.15, 0.2) is 0 Å². The quantitative estimate of drug-likeness (QED) is 0.264. The third kappa shape index (κ3) is 8.06. The van der Waals surface area contributed by atoms with E-state index in [1.54, 1.807) is 0 Å². The maximum atomic E-state index is 5.64. The fourth-order valence-electron chi connectivity index (χ4n) is 5.51. The van der Waals surface area contributed by atoms with Crippen molar-refractivity contribution in [2.24, 2.45) is 23.7 Å². The van der Waals surface area contributed by atoms with Gasteiger partial charge in [0.2, 0.25) is 0 Å². The lowest BCUT2D eigenvalue weighted by molar-refractivity contribution is 0.148. The summed E-state index contributed by atoms with van der Waals surface area (Å²) in [5.41, 5.74) is 2.77. The molecule has 1 heteroatoms. The van der Waals surface area contributed by atoms with E-state index in [-0.39, 0.29) is 0 Å². The number of ether oxygens (including phenoxy) is 1. The van der Waals surface area contributed by atoms with Crippen molar-refractivity contribution >= 4 is 0 Å². The second kappa shape index (κ2) is 13.2. The molecule has 0 heterocycles. The van der Waals surface area contributed by atoms with Crippen molar-refractivity contribution in [2.75, 3.05) is 6.61 Å². The van der Waals surface area contributed by atoms with Crippen LogP contribution in [-0.2, 0) is 17.8 Å². The number of hydrogen-bond donors (Lipinski definition) is 0. The summed E-state index contributed by atoms with van der Waals surface area (Å²) < 4.78 is 5.64. The second-order valence-electron chi connectivity index (χ2n) is 9.92. The molecule has 2 fully saturated rings. The Morgan fingerprint density at radius 1 is 0.800 bits per heavy atom. The first-order valence-corrected chi connectivity index (χ1v) is 12.7. The summed E-state index contributed by atoms with van der Waals surface area (Å²) in [4.78, 5) is 0. The molecule has 0 bridgehead atoms. The lowest BCUT2D eigenvalue weighted by atomic mass is 9.75. The second-order valence-corrected chi connectivity index (χ2v) is 9.92. The van der Waals surface area contributed by atoms with E-state index < -0.39 is 0 Å². The van der Waals surface area contributed by atoms with Crippen LogP contribution in [0.1, 0.15) is 88.7 Å². The van der Waals surface area contributed by atoms with Crippen molar-refractivity contribution in [1.29, 1.82) is 0 Å². The molecule has 0 N–H and O–H groups in total. The van der Waals surface area contributed by atoms with Gasteiger partial charge >= 0.3 is 0 Å². The van der Waals surface area contributed by atoms with Gasteiger partial charge in [-0.15, -0.1) is 6.58 Å². The van der Waals surface area contributed by atoms with Gasteiger partial charge in [-0.3, -0.25) is 0 Å². The van der Waals surface area contributed by atoms with Crippen LogP contribution in [0.4, 0.5) is 0 Å². The Morgan fingerprint density at radius 2 is 1.33 bits per heavy atom. The molecule has 166 valence electrons. The zero-order valence-corrected chi connectivity index (χ0v) is 19.4. The van der Waals surface area contributed by atoms with Crippen molar-refractivity contribution < 1.29 is 4.74 Å². The van der Waals surface area contributed by atoms with Crippen molar-refractivity contribution in [1.82, 2.24) is 0 Å². The minimum atomic E-state index is 0.706. The smallest absolute Gasteiger partial charge is 0.0721 e. The molecular formula is C29H44O. The largest absolute Gasteiger partial charge is 0.373 e. The van der Waals surface area contributed by atoms with E-state index in [1.165, 1.54) is 88.2 Å². The van der Waals surface area contributed by atoms with Gasteiger partial charge in [0.05, 0.1) is 13.2 Å². The van der Waals surface area contributed by atoms with Crippen LogP contribution in [0.15, 0.2) is 49.1 Å². The van der Waals surface area contributed by atoms with Crippen molar-refractivity contribution in [2.45, 2.75) is 90.6 Å². The van der Waals surface area contributed by atoms with Gasteiger partial charge in [-0.05, 0) is 80.2 Å². The molecule has 30 heavy (non-hydrogen) atoms. The normalized spacial score (nSPS) is 27.4. The van der Waals surface area contributed by atoms with Gasteiger partial charge in [0.25, 0.3) is 0 Å². The Balaban J connectivity index is 1.27. The first-order valence-electron chi connectivity index (χ1n) is 12.7. The summed E-state index contributed by atoms with van der Waals surface area (Å²) >= 11 is 0. The van der Waals surface area contributed by atoms with E-state index in [9.17, 15) is 0 Å². The Hall–Kier alpha value is -1.34. The molecule has 0 unspecified atom stereocenters. The highest BCUT2D eigenvalue weighted by Gasteiger charge is 2.24. The monoisotopic (exact) mass is 408 g/mol. The van der Waals surface area contributed by atoms with Crippen LogP contribution in [0.2, 0.25) is 0 Å². The number of hydrogen-bond acceptors (Lipinski definition) is 1. The molecule has 0 radical (unpaired) electrons. The Kier molecular flexibility index (Phi) is 10.2.